The molecule has 7 heteroatoms. The van der Waals surface area contributed by atoms with Crippen LogP contribution in [-0.2, 0) is 22.7 Å². The summed E-state index contributed by atoms with van der Waals surface area (Å²) in [5.41, 5.74) is 7.06. The van der Waals surface area contributed by atoms with Gasteiger partial charge in [-0.2, -0.15) is 0 Å². The topological polar surface area (TPSA) is 82.0 Å². The summed E-state index contributed by atoms with van der Waals surface area (Å²) in [6.07, 6.45) is 0.371. The number of aliphatic carboxylic acids is 1. The van der Waals surface area contributed by atoms with Crippen molar-refractivity contribution < 1.29 is 14.7 Å². The van der Waals surface area contributed by atoms with E-state index in [9.17, 15) is 14.7 Å². The minimum Gasteiger partial charge on any atom is -0.480 e. The fourth-order valence-corrected chi connectivity index (χ4v) is 7.23. The van der Waals surface area contributed by atoms with Crippen LogP contribution in [0.3, 0.4) is 0 Å². The predicted octanol–water partition coefficient (Wildman–Crippen LogP) is 9.60. The second-order valence-electron chi connectivity index (χ2n) is 13.4. The standard InChI is InChI=1S/C43H38ClN3O3/c1-27(2)22-38(43(49)50)46-42(30-12-4-3-5-13-30)36-23-33(44)20-21-37(36)45-39(48)26-47-24-31-18-16-28-10-6-8-14-34(28)40(31)41-32(25-47)19-17-29-11-7-9-15-35(29)41/h3-21,23,27,38H,22,24-26H2,1-2H3,(H,45,48)(H,49,50)/t38-/m0/s1. The second kappa shape index (κ2) is 14.3. The van der Waals surface area contributed by atoms with Crippen molar-refractivity contribution in [3.05, 3.63) is 149 Å². The Morgan fingerprint density at radius 1 is 0.780 bits per heavy atom. The first-order valence-electron chi connectivity index (χ1n) is 16.9. The van der Waals surface area contributed by atoms with E-state index in [-0.39, 0.29) is 18.4 Å². The summed E-state index contributed by atoms with van der Waals surface area (Å²) in [4.78, 5) is 33.3. The highest BCUT2D eigenvalue weighted by Crippen LogP contribution is 2.42. The van der Waals surface area contributed by atoms with E-state index in [2.05, 4.69) is 83.0 Å². The van der Waals surface area contributed by atoms with Gasteiger partial charge in [0.1, 0.15) is 6.04 Å². The molecule has 6 aromatic rings. The fraction of sp³-hybridized carbons (Fsp3) is 0.186. The Labute approximate surface area is 297 Å². The summed E-state index contributed by atoms with van der Waals surface area (Å²) in [6.45, 7) is 5.28. The third-order valence-electron chi connectivity index (χ3n) is 9.26. The molecule has 2 N–H and O–H groups in total. The van der Waals surface area contributed by atoms with Gasteiger partial charge in [0, 0.05) is 29.2 Å². The molecule has 0 saturated heterocycles. The first-order valence-corrected chi connectivity index (χ1v) is 17.3. The van der Waals surface area contributed by atoms with Gasteiger partial charge < -0.3 is 10.4 Å². The van der Waals surface area contributed by atoms with E-state index in [0.29, 0.717) is 41.5 Å². The molecular formula is C43H38ClN3O3. The molecule has 1 atom stereocenters. The van der Waals surface area contributed by atoms with Gasteiger partial charge in [0.2, 0.25) is 5.91 Å². The number of carbonyl (C=O) groups excluding carboxylic acids is 1. The van der Waals surface area contributed by atoms with Gasteiger partial charge in [-0.1, -0.05) is 129 Å². The zero-order valence-corrected chi connectivity index (χ0v) is 28.8. The molecule has 50 heavy (non-hydrogen) atoms. The lowest BCUT2D eigenvalue weighted by molar-refractivity contribution is -0.138. The van der Waals surface area contributed by atoms with Crippen LogP contribution in [-0.4, -0.2) is 40.2 Å². The van der Waals surface area contributed by atoms with E-state index < -0.39 is 12.0 Å². The van der Waals surface area contributed by atoms with Gasteiger partial charge in [0.15, 0.2) is 0 Å². The van der Waals surface area contributed by atoms with Gasteiger partial charge in [-0.3, -0.25) is 14.7 Å². The Morgan fingerprint density at radius 2 is 1.36 bits per heavy atom. The average Bonchev–Trinajstić information content (AvgIpc) is 3.27. The maximum Gasteiger partial charge on any atom is 0.328 e. The molecule has 6 aromatic carbocycles. The number of carboxylic acid groups (broad SMARTS) is 1. The van der Waals surface area contributed by atoms with Gasteiger partial charge >= 0.3 is 5.97 Å². The first kappa shape index (κ1) is 33.2. The van der Waals surface area contributed by atoms with Crippen LogP contribution in [0.15, 0.2) is 126 Å². The molecule has 7 rings (SSSR count). The van der Waals surface area contributed by atoms with Crippen molar-refractivity contribution in [2.45, 2.75) is 39.4 Å². The summed E-state index contributed by atoms with van der Waals surface area (Å²) in [7, 11) is 0. The smallest absolute Gasteiger partial charge is 0.328 e. The number of anilines is 1. The van der Waals surface area contributed by atoms with Crippen molar-refractivity contribution in [1.29, 1.82) is 0 Å². The van der Waals surface area contributed by atoms with Gasteiger partial charge in [-0.15, -0.1) is 0 Å². The summed E-state index contributed by atoms with van der Waals surface area (Å²) < 4.78 is 0. The molecule has 1 amide bonds. The van der Waals surface area contributed by atoms with Crippen molar-refractivity contribution in [3.8, 4) is 11.1 Å². The first-order chi connectivity index (χ1) is 24.2. The van der Waals surface area contributed by atoms with Crippen LogP contribution in [0.1, 0.15) is 42.5 Å². The summed E-state index contributed by atoms with van der Waals surface area (Å²) in [5, 5.41) is 18.4. The number of aliphatic imine (C=N–C) groups is 1. The molecule has 0 unspecified atom stereocenters. The quantitative estimate of drug-likeness (QED) is 0.149. The normalized spacial score (nSPS) is 13.9. The van der Waals surface area contributed by atoms with Crippen LogP contribution in [0.5, 0.6) is 0 Å². The average molecular weight is 680 g/mol. The minimum atomic E-state index is -0.998. The van der Waals surface area contributed by atoms with E-state index >= 15 is 0 Å². The lowest BCUT2D eigenvalue weighted by Gasteiger charge is -2.22. The maximum absolute atomic E-state index is 14.0. The van der Waals surface area contributed by atoms with Crippen LogP contribution >= 0.6 is 11.6 Å². The van der Waals surface area contributed by atoms with Crippen LogP contribution in [0, 0.1) is 5.92 Å². The third-order valence-corrected chi connectivity index (χ3v) is 9.49. The number of fused-ring (bicyclic) bond motifs is 7. The van der Waals surface area contributed by atoms with Crippen molar-refractivity contribution in [3.63, 3.8) is 0 Å². The molecule has 1 aliphatic rings. The molecule has 0 aromatic heterocycles. The summed E-state index contributed by atoms with van der Waals surface area (Å²) in [6, 6.07) is 39.4. The van der Waals surface area contributed by atoms with Crippen LogP contribution in [0.4, 0.5) is 5.69 Å². The Balaban J connectivity index is 1.25. The second-order valence-corrected chi connectivity index (χ2v) is 13.8. The van der Waals surface area contributed by atoms with E-state index in [1.54, 1.807) is 18.2 Å². The van der Waals surface area contributed by atoms with Crippen molar-refractivity contribution >= 4 is 56.4 Å². The van der Waals surface area contributed by atoms with Gasteiger partial charge in [0.25, 0.3) is 0 Å². The Morgan fingerprint density at radius 3 is 1.94 bits per heavy atom. The van der Waals surface area contributed by atoms with Crippen LogP contribution in [0.25, 0.3) is 32.7 Å². The van der Waals surface area contributed by atoms with Gasteiger partial charge in [0.05, 0.1) is 17.9 Å². The molecule has 1 heterocycles. The molecule has 0 saturated carbocycles. The van der Waals surface area contributed by atoms with E-state index in [4.69, 9.17) is 16.6 Å². The Hall–Kier alpha value is -5.30. The SMILES string of the molecule is CC(C)C[C@H](N=C(c1ccccc1)c1cc(Cl)ccc1NC(=O)CN1Cc2ccc3ccccc3c2-c2c(ccc3ccccc23)C1)C(=O)O. The molecule has 0 radical (unpaired) electrons. The fourth-order valence-electron chi connectivity index (χ4n) is 7.06. The van der Waals surface area contributed by atoms with Gasteiger partial charge in [-0.05, 0) is 74.3 Å². The molecule has 0 fully saturated rings. The summed E-state index contributed by atoms with van der Waals surface area (Å²) in [5.74, 6) is -1.07. The number of hydrogen-bond acceptors (Lipinski definition) is 4. The molecule has 250 valence electrons. The number of carbonyl (C=O) groups is 2. The minimum absolute atomic E-state index is 0.121. The number of nitrogens with one attached hydrogen (secondary N) is 1. The van der Waals surface area contributed by atoms with E-state index in [1.165, 1.54) is 43.8 Å². The highest BCUT2D eigenvalue weighted by Gasteiger charge is 2.26. The molecule has 0 bridgehead atoms. The van der Waals surface area contributed by atoms with Gasteiger partial charge in [-0.25, -0.2) is 4.79 Å². The number of carboxylic acids is 1. The number of halogens is 1. The predicted molar refractivity (Wildman–Crippen MR) is 204 cm³/mol. The number of amides is 1. The van der Waals surface area contributed by atoms with Crippen molar-refractivity contribution in [1.82, 2.24) is 4.90 Å². The lowest BCUT2D eigenvalue weighted by Crippen LogP contribution is -2.32. The number of rotatable bonds is 9. The van der Waals surface area contributed by atoms with Crippen LogP contribution < -0.4 is 5.32 Å². The van der Waals surface area contributed by atoms with Crippen molar-refractivity contribution in [2.24, 2.45) is 10.9 Å². The monoisotopic (exact) mass is 679 g/mol. The molecule has 6 nitrogen and oxygen atoms in total. The largest absolute Gasteiger partial charge is 0.480 e. The molecule has 0 aliphatic carbocycles. The zero-order chi connectivity index (χ0) is 34.8. The summed E-state index contributed by atoms with van der Waals surface area (Å²) >= 11 is 6.53. The molecule has 0 spiro atoms. The number of hydrogen-bond donors (Lipinski definition) is 2. The lowest BCUT2D eigenvalue weighted by atomic mass is 9.88. The highest BCUT2D eigenvalue weighted by atomic mass is 35.5. The molecular weight excluding hydrogens is 642 g/mol. The van der Waals surface area contributed by atoms with Crippen molar-refractivity contribution in [2.75, 3.05) is 11.9 Å². The highest BCUT2D eigenvalue weighted by molar-refractivity contribution is 6.31. The Kier molecular flexibility index (Phi) is 9.48. The van der Waals surface area contributed by atoms with Crippen LogP contribution in [0.2, 0.25) is 5.02 Å². The molecule has 1 aliphatic heterocycles. The maximum atomic E-state index is 14.0. The zero-order valence-electron chi connectivity index (χ0n) is 28.1. The third kappa shape index (κ3) is 6.90. The van der Waals surface area contributed by atoms with E-state index in [0.717, 1.165) is 5.56 Å². The van der Waals surface area contributed by atoms with E-state index in [1.807, 2.05) is 44.2 Å². The Bertz CT molecular complexity index is 2180. The number of benzene rings is 6. The number of nitrogens with zero attached hydrogens (tertiary/aromatic N) is 2.